The van der Waals surface area contributed by atoms with Gasteiger partial charge in [-0.15, -0.1) is 0 Å². The topological polar surface area (TPSA) is 251 Å². The van der Waals surface area contributed by atoms with Crippen molar-refractivity contribution in [2.75, 3.05) is 154 Å². The summed E-state index contributed by atoms with van der Waals surface area (Å²) in [5.41, 5.74) is 17.5. The highest BCUT2D eigenvalue weighted by Gasteiger charge is 2.30. The lowest BCUT2D eigenvalue weighted by Gasteiger charge is -2.30. The lowest BCUT2D eigenvalue weighted by molar-refractivity contribution is -0.161. The van der Waals surface area contributed by atoms with Gasteiger partial charge in [-0.1, -0.05) is 377 Å². The van der Waals surface area contributed by atoms with Crippen LogP contribution in [0.5, 0.6) is 0 Å². The van der Waals surface area contributed by atoms with Crippen LogP contribution >= 0.6 is 63.7 Å². The maximum atomic E-state index is 12.3. The van der Waals surface area contributed by atoms with Crippen molar-refractivity contribution < 1.29 is 77.1 Å². The fraction of sp³-hybridized carbons (Fsp3) is 0.299. The maximum absolute atomic E-state index is 12.3. The van der Waals surface area contributed by atoms with Crippen LogP contribution in [0.3, 0.4) is 0 Å². The summed E-state index contributed by atoms with van der Waals surface area (Å²) in [5.74, 6) is -2.19. The number of carbonyl (C=O) groups is 4. The predicted molar refractivity (Wildman–Crippen MR) is 600 cm³/mol. The number of nitrogens with zero attached hydrogens (tertiary/aromatic N) is 4. The highest BCUT2D eigenvalue weighted by molar-refractivity contribution is 9.11. The molecule has 0 aromatic heterocycles. The Morgan fingerprint density at radius 3 is 1.11 bits per heavy atom. The molecule has 4 heterocycles. The first-order chi connectivity index (χ1) is 69.4. The van der Waals surface area contributed by atoms with Gasteiger partial charge in [-0.05, 0) is 114 Å². The summed E-state index contributed by atoms with van der Waals surface area (Å²) in [4.78, 5) is 56.7. The summed E-state index contributed by atoms with van der Waals surface area (Å²) in [7, 11) is -0.171. The van der Waals surface area contributed by atoms with E-state index in [1.807, 2.05) is 224 Å². The number of benzene rings is 14. The number of anilines is 5. The van der Waals surface area contributed by atoms with Crippen LogP contribution in [0.4, 0.5) is 28.4 Å². The number of nitrogen functional groups attached to an aromatic ring is 1. The lowest BCUT2D eigenvalue weighted by Crippen LogP contribution is -2.36. The Morgan fingerprint density at radius 2 is 0.706 bits per heavy atom. The molecule has 4 aliphatic heterocycles. The molecule has 14 aromatic rings. The Kier molecular flexibility index (Phi) is 50.0. The van der Waals surface area contributed by atoms with Gasteiger partial charge in [0.25, 0.3) is 0 Å². The van der Waals surface area contributed by atoms with E-state index in [0.29, 0.717) is 25.4 Å². The summed E-state index contributed by atoms with van der Waals surface area (Å²) in [6.07, 6.45) is 0.442. The second kappa shape index (κ2) is 63.0. The molecule has 26 heteroatoms. The van der Waals surface area contributed by atoms with Crippen LogP contribution in [0.15, 0.2) is 331 Å². The Balaban J connectivity index is 0.000000176. The van der Waals surface area contributed by atoms with Crippen LogP contribution in [0, 0.1) is 0 Å². The highest BCUT2D eigenvalue weighted by atomic mass is 79.9. The Morgan fingerprint density at radius 1 is 0.385 bits per heavy atom. The van der Waals surface area contributed by atoms with Crippen molar-refractivity contribution in [1.82, 2.24) is 0 Å². The molecule has 5 N–H and O–H groups in total. The Hall–Kier alpha value is -11.4. The number of ether oxygens (including phenoxy) is 9. The zero-order chi connectivity index (χ0) is 100. The number of halogens is 4. The number of fused-ring (bicyclic) bond motifs is 5. The van der Waals surface area contributed by atoms with Crippen LogP contribution in [0.25, 0.3) is 59.9 Å². The first-order valence-electron chi connectivity index (χ1n) is 48.2. The molecular formula is C117H133Br4N5O16Si. The van der Waals surface area contributed by atoms with Crippen LogP contribution in [0.1, 0.15) is 73.2 Å². The molecule has 18 rings (SSSR count). The molecule has 4 saturated heterocycles. The van der Waals surface area contributed by atoms with E-state index < -0.39 is 30.3 Å². The number of aliphatic hydroxyl groups excluding tert-OH is 3. The van der Waals surface area contributed by atoms with Gasteiger partial charge in [0, 0.05) is 155 Å². The number of alkyl halides is 2. The highest BCUT2D eigenvalue weighted by Crippen LogP contribution is 2.38. The number of aliphatic hydroxyl groups is 3. The second-order valence-electron chi connectivity index (χ2n) is 33.5. The van der Waals surface area contributed by atoms with Gasteiger partial charge in [0.05, 0.1) is 66.1 Å². The largest absolute Gasteiger partial charge is 0.459 e. The van der Waals surface area contributed by atoms with Gasteiger partial charge >= 0.3 is 23.9 Å². The summed E-state index contributed by atoms with van der Waals surface area (Å²) < 4.78 is 49.7. The molecule has 0 spiro atoms. The van der Waals surface area contributed by atoms with Crippen molar-refractivity contribution in [2.24, 2.45) is 0 Å². The summed E-state index contributed by atoms with van der Waals surface area (Å²) in [6.45, 7) is 25.7. The lowest BCUT2D eigenvalue weighted by atomic mass is 9.95. The zero-order valence-electron chi connectivity index (χ0n) is 80.9. The minimum Gasteiger partial charge on any atom is -0.459 e. The van der Waals surface area contributed by atoms with Gasteiger partial charge in [0.15, 0.2) is 12.2 Å². The molecule has 4 fully saturated rings. The monoisotopic (exact) mass is 2210 g/mol. The Labute approximate surface area is 877 Å². The number of morpholine rings is 4. The van der Waals surface area contributed by atoms with E-state index in [1.165, 1.54) is 51.7 Å². The van der Waals surface area contributed by atoms with Crippen molar-refractivity contribution >= 4 is 185 Å². The SMILES string of the molecule is BrCCOCCBr.Brc1ccc(N2CCOCC2)c2ccccc12.C.C=CC(=O)OCc1ccccc1.CC[SiH](CC)CC.Nc1ccc(Br)c2ccccc12.O=C(/C=C/c1ccc(N2CCOCC2)c2ccccc12)OCc1ccccc1.O=C(OCc1ccccc1)[C@H](O)Cc1ccc(N2CCOCC2)c2ccccc12.O=C(OCc1ccccc1)[C@H](O)[C@@H](O)c1ccc(N2CCOCC2)c2ccccc12. The van der Waals surface area contributed by atoms with Gasteiger partial charge < -0.3 is 83.3 Å². The van der Waals surface area contributed by atoms with E-state index in [4.69, 9.17) is 48.4 Å². The van der Waals surface area contributed by atoms with Crippen LogP contribution in [0.2, 0.25) is 18.1 Å². The van der Waals surface area contributed by atoms with Crippen molar-refractivity contribution in [3.63, 3.8) is 0 Å². The third kappa shape index (κ3) is 35.8. The summed E-state index contributed by atoms with van der Waals surface area (Å²) >= 11 is 13.6. The van der Waals surface area contributed by atoms with Gasteiger partial charge in [0.1, 0.15) is 32.5 Å². The third-order valence-corrected chi connectivity index (χ3v) is 29.7. The number of esters is 4. The average molecular weight is 2210 g/mol. The molecular weight excluding hydrogens is 2080 g/mol. The normalized spacial score (nSPS) is 13.9. The fourth-order valence-corrected chi connectivity index (χ4v) is 19.6. The fourth-order valence-electron chi connectivity index (χ4n) is 16.4. The molecule has 0 radical (unpaired) electrons. The van der Waals surface area contributed by atoms with Gasteiger partial charge in [-0.2, -0.15) is 0 Å². The molecule has 0 amide bonds. The molecule has 4 aliphatic rings. The molecule has 143 heavy (non-hydrogen) atoms. The van der Waals surface area contributed by atoms with E-state index in [1.54, 1.807) is 6.07 Å². The molecule has 21 nitrogen and oxygen atoms in total. The summed E-state index contributed by atoms with van der Waals surface area (Å²) in [6, 6.07) is 103. The number of carbonyl (C=O) groups excluding carboxylic acids is 4. The Bertz CT molecular complexity index is 6180. The second-order valence-corrected chi connectivity index (χ2v) is 41.0. The van der Waals surface area contributed by atoms with E-state index >= 15 is 0 Å². The van der Waals surface area contributed by atoms with E-state index in [-0.39, 0.29) is 54.4 Å². The van der Waals surface area contributed by atoms with Gasteiger partial charge in [0.2, 0.25) is 0 Å². The molecule has 0 aliphatic carbocycles. The van der Waals surface area contributed by atoms with Crippen molar-refractivity contribution in [3.8, 4) is 0 Å². The van der Waals surface area contributed by atoms with Crippen LogP contribution in [-0.4, -0.2) is 189 Å². The van der Waals surface area contributed by atoms with Crippen LogP contribution in [-0.2, 0) is 94.7 Å². The van der Waals surface area contributed by atoms with E-state index in [9.17, 15) is 34.5 Å². The van der Waals surface area contributed by atoms with Crippen molar-refractivity contribution in [2.45, 2.75) is 97.5 Å². The maximum Gasteiger partial charge on any atom is 0.338 e. The van der Waals surface area contributed by atoms with Crippen LogP contribution < -0.4 is 25.3 Å². The molecule has 754 valence electrons. The minimum absolute atomic E-state index is 0. The van der Waals surface area contributed by atoms with Gasteiger partial charge in [-0.3, -0.25) is 0 Å². The quantitative estimate of drug-likeness (QED) is 0.00676. The van der Waals surface area contributed by atoms with E-state index in [0.717, 1.165) is 219 Å². The average Bonchev–Trinajstić information content (AvgIpc) is 0.775. The smallest absolute Gasteiger partial charge is 0.338 e. The number of hydrogen-bond donors (Lipinski definition) is 4. The number of hydrogen-bond acceptors (Lipinski definition) is 21. The third-order valence-electron chi connectivity index (χ3n) is 24.2. The van der Waals surface area contributed by atoms with Crippen molar-refractivity contribution in [3.05, 3.63) is 370 Å². The van der Waals surface area contributed by atoms with Crippen molar-refractivity contribution in [1.29, 1.82) is 0 Å². The van der Waals surface area contributed by atoms with E-state index in [2.05, 4.69) is 190 Å². The minimum atomic E-state index is -1.67. The molecule has 0 unspecified atom stereocenters. The zero-order valence-corrected chi connectivity index (χ0v) is 88.4. The molecule has 0 bridgehead atoms. The molecule has 3 atom stereocenters. The number of nitrogens with two attached hydrogens (primary N) is 1. The standard InChI is InChI=1S/C24H25NO5.C24H25NO4.C24H23NO3.C14H14BrNO.C10H8BrN.C10H10O2.C6H16Si.C4H8Br2O.CH4/c26-22(23(27)24(28)30-16-17-6-2-1-3-7-17)20-10-11-21(25-12-14-29-15-13-25)19-9-5-4-8-18(19)20;26-23(24(27)29-17-18-6-2-1-3-7-18)16-19-10-11-22(25-12-14-28-15-13-25)21-9-5-4-8-20(19)21;26-24(28-18-19-6-2-1-3-7-19)13-11-20-10-12-23(25-14-16-27-17-15-25)22-9-5-4-8-21(20)22;15-13-5-6-14(16-7-9-17-10-8-16)12-4-2-1-3-11(12)13;11-9-5-6-10(12)8-4-2-1-3-7(8)9;1-2-10(11)12-8-9-6-4-3-5-7-9;1-4-7(5-2)6-3;5-1-3-7-4-2-6;/h1-11,22-23,26-27H,12-16H2;1-11,23,26H,12-17H2;1-13H,14-18H2;1-6H,7-10H2;1-6H,12H2;2-7H,1,8H2;7H,4-6H2,1-3H3;1-4H2;1H4/b;;13-11+;;;;;;/t22-,23+;23-;;;;;;;/m01......./s1. The molecule has 14 aromatic carbocycles. The number of rotatable bonds is 28. The summed E-state index contributed by atoms with van der Waals surface area (Å²) in [5, 5.41) is 44.6. The molecule has 0 saturated carbocycles. The predicted octanol–water partition coefficient (Wildman–Crippen LogP) is 23.8. The first-order valence-corrected chi connectivity index (χ1v) is 54.5. The van der Waals surface area contributed by atoms with Gasteiger partial charge in [-0.25, -0.2) is 19.2 Å². The first kappa shape index (κ1) is 114.